The number of benzene rings is 1. The second-order valence-electron chi connectivity index (χ2n) is 5.48. The normalized spacial score (nSPS) is 19.4. The molecule has 20 heavy (non-hydrogen) atoms. The first kappa shape index (κ1) is 13.8. The molecule has 2 nitrogen and oxygen atoms in total. The molecule has 1 heterocycles. The highest BCUT2D eigenvalue weighted by molar-refractivity contribution is 9.10. The maximum atomic E-state index is 10.5. The van der Waals surface area contributed by atoms with Gasteiger partial charge in [-0.1, -0.05) is 24.3 Å². The predicted molar refractivity (Wildman–Crippen MR) is 83.6 cm³/mol. The number of aryl methyl sites for hydroxylation is 1. The van der Waals surface area contributed by atoms with Crippen molar-refractivity contribution in [2.75, 3.05) is 0 Å². The van der Waals surface area contributed by atoms with E-state index in [2.05, 4.69) is 45.2 Å². The first-order valence-electron chi connectivity index (χ1n) is 7.10. The van der Waals surface area contributed by atoms with Gasteiger partial charge in [-0.15, -0.1) is 0 Å². The lowest BCUT2D eigenvalue weighted by Gasteiger charge is -2.27. The Labute approximate surface area is 128 Å². The van der Waals surface area contributed by atoms with Gasteiger partial charge in [0.25, 0.3) is 0 Å². The molecule has 0 bridgehead atoms. The SMILES string of the molecule is OC(CC1CCCc2ccccc21)c1cncc(Br)c1. The second-order valence-corrected chi connectivity index (χ2v) is 6.39. The van der Waals surface area contributed by atoms with Crippen molar-refractivity contribution in [3.63, 3.8) is 0 Å². The van der Waals surface area contributed by atoms with E-state index in [9.17, 15) is 5.11 Å². The van der Waals surface area contributed by atoms with Gasteiger partial charge in [-0.2, -0.15) is 0 Å². The quantitative estimate of drug-likeness (QED) is 0.904. The fourth-order valence-electron chi connectivity index (χ4n) is 3.12. The van der Waals surface area contributed by atoms with Crippen LogP contribution in [0.1, 0.15) is 48.0 Å². The lowest BCUT2D eigenvalue weighted by atomic mass is 9.79. The molecule has 1 aromatic heterocycles. The van der Waals surface area contributed by atoms with Crippen LogP contribution in [0, 0.1) is 0 Å². The molecule has 3 rings (SSSR count). The fraction of sp³-hybridized carbons (Fsp3) is 0.353. The molecule has 0 saturated heterocycles. The Hall–Kier alpha value is -1.19. The Morgan fingerprint density at radius 3 is 3.00 bits per heavy atom. The minimum absolute atomic E-state index is 0.448. The van der Waals surface area contributed by atoms with E-state index in [1.165, 1.54) is 24.0 Å². The average Bonchev–Trinajstić information content (AvgIpc) is 2.47. The summed E-state index contributed by atoms with van der Waals surface area (Å²) in [5.74, 6) is 0.453. The monoisotopic (exact) mass is 331 g/mol. The summed E-state index contributed by atoms with van der Waals surface area (Å²) >= 11 is 3.41. The molecule has 0 spiro atoms. The third-order valence-corrected chi connectivity index (χ3v) is 4.55. The standard InChI is InChI=1S/C17H18BrNO/c18-15-8-14(10-19-11-15)17(20)9-13-6-3-5-12-4-1-2-7-16(12)13/h1-2,4,7-8,10-11,13,17,20H,3,5-6,9H2. The van der Waals surface area contributed by atoms with Crippen molar-refractivity contribution in [2.24, 2.45) is 0 Å². The van der Waals surface area contributed by atoms with Crippen molar-refractivity contribution in [2.45, 2.75) is 37.7 Å². The Morgan fingerprint density at radius 1 is 1.30 bits per heavy atom. The van der Waals surface area contributed by atoms with Crippen LogP contribution < -0.4 is 0 Å². The maximum Gasteiger partial charge on any atom is 0.0811 e. The van der Waals surface area contributed by atoms with Crippen molar-refractivity contribution >= 4 is 15.9 Å². The molecule has 2 atom stereocenters. The molecule has 3 heteroatoms. The lowest BCUT2D eigenvalue weighted by molar-refractivity contribution is 0.153. The first-order valence-corrected chi connectivity index (χ1v) is 7.89. The first-order chi connectivity index (χ1) is 9.74. The van der Waals surface area contributed by atoms with Crippen LogP contribution in [0.4, 0.5) is 0 Å². The molecule has 0 radical (unpaired) electrons. The fourth-order valence-corrected chi connectivity index (χ4v) is 3.50. The molecule has 1 aliphatic carbocycles. The molecule has 0 aliphatic heterocycles. The molecule has 2 aromatic rings. The maximum absolute atomic E-state index is 10.5. The Bertz CT molecular complexity index is 599. The number of hydrogen-bond acceptors (Lipinski definition) is 2. The molecule has 104 valence electrons. The predicted octanol–water partition coefficient (Wildman–Crippen LogP) is 4.39. The van der Waals surface area contributed by atoms with Gasteiger partial charge in [0.15, 0.2) is 0 Å². The number of aliphatic hydroxyl groups is 1. The molecule has 2 unspecified atom stereocenters. The van der Waals surface area contributed by atoms with Crippen molar-refractivity contribution in [1.29, 1.82) is 0 Å². The van der Waals surface area contributed by atoms with E-state index >= 15 is 0 Å². The summed E-state index contributed by atoms with van der Waals surface area (Å²) in [6.07, 6.45) is 7.36. The second kappa shape index (κ2) is 6.06. The zero-order valence-electron chi connectivity index (χ0n) is 11.3. The molecule has 1 aromatic carbocycles. The number of hydrogen-bond donors (Lipinski definition) is 1. The van der Waals surface area contributed by atoms with Crippen molar-refractivity contribution in [3.8, 4) is 0 Å². The zero-order chi connectivity index (χ0) is 13.9. The third-order valence-electron chi connectivity index (χ3n) is 4.11. The zero-order valence-corrected chi connectivity index (χ0v) is 12.9. The topological polar surface area (TPSA) is 33.1 Å². The van der Waals surface area contributed by atoms with Gasteiger partial charge in [-0.3, -0.25) is 4.98 Å². The highest BCUT2D eigenvalue weighted by Crippen LogP contribution is 2.37. The number of aliphatic hydroxyl groups excluding tert-OH is 1. The molecule has 1 aliphatic rings. The highest BCUT2D eigenvalue weighted by atomic mass is 79.9. The molecule has 0 fully saturated rings. The minimum Gasteiger partial charge on any atom is -0.388 e. The van der Waals surface area contributed by atoms with Crippen LogP contribution in [-0.4, -0.2) is 10.1 Å². The number of pyridine rings is 1. The van der Waals surface area contributed by atoms with Gasteiger partial charge < -0.3 is 5.11 Å². The van der Waals surface area contributed by atoms with Gasteiger partial charge in [-0.25, -0.2) is 0 Å². The average molecular weight is 332 g/mol. The molecule has 0 saturated carbocycles. The van der Waals surface area contributed by atoms with E-state index in [0.29, 0.717) is 5.92 Å². The van der Waals surface area contributed by atoms with Crippen molar-refractivity contribution < 1.29 is 5.11 Å². The Morgan fingerprint density at radius 2 is 2.15 bits per heavy atom. The van der Waals surface area contributed by atoms with Gasteiger partial charge in [0.1, 0.15) is 0 Å². The summed E-state index contributed by atoms with van der Waals surface area (Å²) in [6, 6.07) is 10.6. The van der Waals surface area contributed by atoms with E-state index in [4.69, 9.17) is 0 Å². The van der Waals surface area contributed by atoms with Gasteiger partial charge >= 0.3 is 0 Å². The smallest absolute Gasteiger partial charge is 0.0811 e. The summed E-state index contributed by atoms with van der Waals surface area (Å²) in [7, 11) is 0. The summed E-state index contributed by atoms with van der Waals surface area (Å²) in [5.41, 5.74) is 3.76. The van der Waals surface area contributed by atoms with E-state index < -0.39 is 6.10 Å². The van der Waals surface area contributed by atoms with Gasteiger partial charge in [0, 0.05) is 16.9 Å². The van der Waals surface area contributed by atoms with E-state index in [1.807, 2.05) is 6.07 Å². The lowest BCUT2D eigenvalue weighted by Crippen LogP contribution is -2.13. The van der Waals surface area contributed by atoms with Gasteiger partial charge in [0.2, 0.25) is 0 Å². The summed E-state index contributed by atoms with van der Waals surface area (Å²) in [4.78, 5) is 4.14. The Kier molecular flexibility index (Phi) is 4.18. The number of nitrogens with zero attached hydrogens (tertiary/aromatic N) is 1. The summed E-state index contributed by atoms with van der Waals surface area (Å²) in [5, 5.41) is 10.5. The van der Waals surface area contributed by atoms with E-state index in [1.54, 1.807) is 12.4 Å². The minimum atomic E-state index is -0.448. The van der Waals surface area contributed by atoms with E-state index in [-0.39, 0.29) is 0 Å². The van der Waals surface area contributed by atoms with Crippen LogP contribution in [0.5, 0.6) is 0 Å². The molecular formula is C17H18BrNO. The number of halogens is 1. The molecular weight excluding hydrogens is 314 g/mol. The third kappa shape index (κ3) is 2.94. The van der Waals surface area contributed by atoms with Crippen molar-refractivity contribution in [3.05, 3.63) is 63.9 Å². The van der Waals surface area contributed by atoms with Crippen LogP contribution in [0.2, 0.25) is 0 Å². The number of fused-ring (bicyclic) bond motifs is 1. The van der Waals surface area contributed by atoms with Crippen LogP contribution in [0.3, 0.4) is 0 Å². The van der Waals surface area contributed by atoms with Crippen LogP contribution >= 0.6 is 15.9 Å². The van der Waals surface area contributed by atoms with Gasteiger partial charge in [0.05, 0.1) is 6.10 Å². The Balaban J connectivity index is 1.79. The molecule has 0 amide bonds. The number of aromatic nitrogens is 1. The summed E-state index contributed by atoms with van der Waals surface area (Å²) in [6.45, 7) is 0. The summed E-state index contributed by atoms with van der Waals surface area (Å²) < 4.78 is 0.915. The number of rotatable bonds is 3. The van der Waals surface area contributed by atoms with E-state index in [0.717, 1.165) is 22.9 Å². The van der Waals surface area contributed by atoms with Crippen molar-refractivity contribution in [1.82, 2.24) is 4.98 Å². The van der Waals surface area contributed by atoms with Crippen LogP contribution in [0.25, 0.3) is 0 Å². The van der Waals surface area contributed by atoms with Crippen LogP contribution in [-0.2, 0) is 6.42 Å². The highest BCUT2D eigenvalue weighted by Gasteiger charge is 2.23. The van der Waals surface area contributed by atoms with Gasteiger partial charge in [-0.05, 0) is 70.3 Å². The van der Waals surface area contributed by atoms with Crippen LogP contribution in [0.15, 0.2) is 47.2 Å². The molecule has 1 N–H and O–H groups in total. The largest absolute Gasteiger partial charge is 0.388 e.